The smallest absolute Gasteiger partial charge is 0.227 e. The van der Waals surface area contributed by atoms with Crippen molar-refractivity contribution in [2.45, 2.75) is 30.1 Å². The number of carbonyl (C=O) groups is 2. The summed E-state index contributed by atoms with van der Waals surface area (Å²) >= 11 is 3.28. The van der Waals surface area contributed by atoms with E-state index in [0.29, 0.717) is 25.1 Å². The molecule has 7 heteroatoms. The quantitative estimate of drug-likeness (QED) is 0.591. The normalized spacial score (nSPS) is 14.0. The molecule has 0 atom stereocenters. The third-order valence-electron chi connectivity index (χ3n) is 4.64. The lowest BCUT2D eigenvalue weighted by molar-refractivity contribution is -0.121. The zero-order chi connectivity index (χ0) is 19.3. The number of para-hydroxylation sites is 1. The van der Waals surface area contributed by atoms with Crippen LogP contribution in [0.25, 0.3) is 10.2 Å². The Kier molecular flexibility index (Phi) is 5.92. The summed E-state index contributed by atoms with van der Waals surface area (Å²) < 4.78 is 2.18. The first-order chi connectivity index (χ1) is 13.7. The van der Waals surface area contributed by atoms with Crippen molar-refractivity contribution in [1.29, 1.82) is 0 Å². The van der Waals surface area contributed by atoms with Crippen LogP contribution in [0.2, 0.25) is 0 Å². The molecule has 1 aliphatic rings. The van der Waals surface area contributed by atoms with Gasteiger partial charge in [-0.1, -0.05) is 36.0 Å². The minimum atomic E-state index is 0.0346. The van der Waals surface area contributed by atoms with Gasteiger partial charge >= 0.3 is 0 Å². The first-order valence-electron chi connectivity index (χ1n) is 9.33. The summed E-state index contributed by atoms with van der Waals surface area (Å²) in [5.74, 6) is 0.931. The summed E-state index contributed by atoms with van der Waals surface area (Å²) in [5, 5.41) is 2.96. The Morgan fingerprint density at radius 3 is 2.75 bits per heavy atom. The maximum Gasteiger partial charge on any atom is 0.227 e. The van der Waals surface area contributed by atoms with Gasteiger partial charge in [-0.15, -0.1) is 11.3 Å². The van der Waals surface area contributed by atoms with Crippen LogP contribution in [-0.4, -0.2) is 29.1 Å². The SMILES string of the molecule is O=C(CCSc1nc2ccccc2s1)NCc1ccc(N2CCCC2=O)cc1. The summed E-state index contributed by atoms with van der Waals surface area (Å²) in [7, 11) is 0. The molecule has 2 aromatic carbocycles. The lowest BCUT2D eigenvalue weighted by Gasteiger charge is -2.16. The van der Waals surface area contributed by atoms with Crippen molar-refractivity contribution in [1.82, 2.24) is 10.3 Å². The molecule has 0 spiro atoms. The van der Waals surface area contributed by atoms with Crippen LogP contribution in [0, 0.1) is 0 Å². The van der Waals surface area contributed by atoms with E-state index in [1.807, 2.05) is 47.4 Å². The Bertz CT molecular complexity index is 952. The van der Waals surface area contributed by atoms with Gasteiger partial charge in [0.15, 0.2) is 4.34 Å². The molecule has 1 fully saturated rings. The zero-order valence-electron chi connectivity index (χ0n) is 15.4. The fraction of sp³-hybridized carbons (Fsp3) is 0.286. The molecule has 1 N–H and O–H groups in total. The third kappa shape index (κ3) is 4.54. The summed E-state index contributed by atoms with van der Waals surface area (Å²) in [6.07, 6.45) is 2.01. The molecule has 5 nitrogen and oxygen atoms in total. The predicted molar refractivity (Wildman–Crippen MR) is 115 cm³/mol. The first-order valence-corrected chi connectivity index (χ1v) is 11.1. The van der Waals surface area contributed by atoms with Crippen LogP contribution in [0.3, 0.4) is 0 Å². The van der Waals surface area contributed by atoms with Gasteiger partial charge in [0, 0.05) is 37.4 Å². The largest absolute Gasteiger partial charge is 0.352 e. The average Bonchev–Trinajstić information content (AvgIpc) is 3.32. The van der Waals surface area contributed by atoms with E-state index in [-0.39, 0.29) is 11.8 Å². The lowest BCUT2D eigenvalue weighted by Crippen LogP contribution is -2.24. The molecule has 144 valence electrons. The van der Waals surface area contributed by atoms with Crippen LogP contribution in [-0.2, 0) is 16.1 Å². The van der Waals surface area contributed by atoms with Crippen LogP contribution < -0.4 is 10.2 Å². The Morgan fingerprint density at radius 1 is 1.18 bits per heavy atom. The second-order valence-corrected chi connectivity index (χ2v) is 9.01. The summed E-state index contributed by atoms with van der Waals surface area (Å²) in [5.41, 5.74) is 2.98. The zero-order valence-corrected chi connectivity index (χ0v) is 17.0. The van der Waals surface area contributed by atoms with Crippen molar-refractivity contribution < 1.29 is 9.59 Å². The van der Waals surface area contributed by atoms with Crippen molar-refractivity contribution in [2.75, 3.05) is 17.2 Å². The highest BCUT2D eigenvalue weighted by molar-refractivity contribution is 8.01. The average molecular weight is 412 g/mol. The summed E-state index contributed by atoms with van der Waals surface area (Å²) in [4.78, 5) is 30.3. The Balaban J connectivity index is 1.21. The number of thioether (sulfide) groups is 1. The van der Waals surface area contributed by atoms with E-state index in [2.05, 4.69) is 16.4 Å². The highest BCUT2D eigenvalue weighted by atomic mass is 32.2. The minimum Gasteiger partial charge on any atom is -0.352 e. The van der Waals surface area contributed by atoms with Crippen molar-refractivity contribution in [3.63, 3.8) is 0 Å². The number of anilines is 1. The molecule has 0 unspecified atom stereocenters. The number of nitrogens with one attached hydrogen (secondary N) is 1. The van der Waals surface area contributed by atoms with E-state index in [1.165, 1.54) is 4.70 Å². The van der Waals surface area contributed by atoms with E-state index in [1.54, 1.807) is 23.1 Å². The molecule has 2 amide bonds. The molecule has 2 heterocycles. The molecule has 4 rings (SSSR count). The number of carbonyl (C=O) groups excluding carboxylic acids is 2. The molecule has 1 saturated heterocycles. The first kappa shape index (κ1) is 19.0. The standard InChI is InChI=1S/C21H21N3O2S2/c25-19(11-13-27-21-23-17-4-1-2-5-18(17)28-21)22-14-15-7-9-16(10-8-15)24-12-3-6-20(24)26/h1-2,4-5,7-10H,3,6,11-14H2,(H,22,25). The Labute approximate surface area is 172 Å². The molecule has 1 aliphatic heterocycles. The fourth-order valence-corrected chi connectivity index (χ4v) is 5.22. The van der Waals surface area contributed by atoms with Crippen LogP contribution in [0.1, 0.15) is 24.8 Å². The van der Waals surface area contributed by atoms with E-state index in [9.17, 15) is 9.59 Å². The van der Waals surface area contributed by atoms with Gasteiger partial charge in [0.05, 0.1) is 10.2 Å². The van der Waals surface area contributed by atoms with Crippen LogP contribution in [0.15, 0.2) is 52.9 Å². The van der Waals surface area contributed by atoms with Gasteiger partial charge in [0.25, 0.3) is 0 Å². The molecule has 0 bridgehead atoms. The van der Waals surface area contributed by atoms with Crippen molar-refractivity contribution in [3.05, 3.63) is 54.1 Å². The van der Waals surface area contributed by atoms with Gasteiger partial charge in [-0.2, -0.15) is 0 Å². The Morgan fingerprint density at radius 2 is 2.00 bits per heavy atom. The number of hydrogen-bond donors (Lipinski definition) is 1. The molecular formula is C21H21N3O2S2. The van der Waals surface area contributed by atoms with E-state index < -0.39 is 0 Å². The maximum atomic E-state index is 12.1. The number of fused-ring (bicyclic) bond motifs is 1. The van der Waals surface area contributed by atoms with Crippen LogP contribution in [0.4, 0.5) is 5.69 Å². The van der Waals surface area contributed by atoms with Crippen molar-refractivity contribution in [3.8, 4) is 0 Å². The number of rotatable bonds is 7. The van der Waals surface area contributed by atoms with Gasteiger partial charge in [-0.05, 0) is 36.2 Å². The number of aromatic nitrogens is 1. The van der Waals surface area contributed by atoms with E-state index in [0.717, 1.165) is 34.1 Å². The number of thiazole rings is 1. The fourth-order valence-electron chi connectivity index (χ4n) is 3.15. The third-order valence-corrected chi connectivity index (χ3v) is 6.82. The van der Waals surface area contributed by atoms with Gasteiger partial charge in [0.2, 0.25) is 11.8 Å². The molecule has 0 saturated carbocycles. The number of amides is 2. The minimum absolute atomic E-state index is 0.0346. The monoisotopic (exact) mass is 411 g/mol. The second-order valence-electron chi connectivity index (χ2n) is 6.64. The topological polar surface area (TPSA) is 62.3 Å². The molecule has 0 aliphatic carbocycles. The summed E-state index contributed by atoms with van der Waals surface area (Å²) in [6.45, 7) is 1.29. The van der Waals surface area contributed by atoms with Gasteiger partial charge in [-0.25, -0.2) is 4.98 Å². The van der Waals surface area contributed by atoms with Gasteiger partial charge in [-0.3, -0.25) is 9.59 Å². The number of benzene rings is 2. The highest BCUT2D eigenvalue weighted by Gasteiger charge is 2.21. The molecular weight excluding hydrogens is 390 g/mol. The van der Waals surface area contributed by atoms with Gasteiger partial charge < -0.3 is 10.2 Å². The van der Waals surface area contributed by atoms with Crippen LogP contribution in [0.5, 0.6) is 0 Å². The van der Waals surface area contributed by atoms with Crippen LogP contribution >= 0.6 is 23.1 Å². The van der Waals surface area contributed by atoms with Crippen molar-refractivity contribution >= 4 is 50.8 Å². The lowest BCUT2D eigenvalue weighted by atomic mass is 10.2. The Hall–Kier alpha value is -2.38. The summed E-state index contributed by atoms with van der Waals surface area (Å²) in [6, 6.07) is 15.9. The number of nitrogens with zero attached hydrogens (tertiary/aromatic N) is 2. The maximum absolute atomic E-state index is 12.1. The molecule has 1 aromatic heterocycles. The second kappa shape index (κ2) is 8.75. The highest BCUT2D eigenvalue weighted by Crippen LogP contribution is 2.29. The molecule has 28 heavy (non-hydrogen) atoms. The van der Waals surface area contributed by atoms with E-state index in [4.69, 9.17) is 0 Å². The number of hydrogen-bond acceptors (Lipinski definition) is 5. The predicted octanol–water partition coefficient (Wildman–Crippen LogP) is 4.22. The molecule has 3 aromatic rings. The van der Waals surface area contributed by atoms with Crippen molar-refractivity contribution in [2.24, 2.45) is 0 Å². The van der Waals surface area contributed by atoms with Gasteiger partial charge in [0.1, 0.15) is 0 Å². The molecule has 0 radical (unpaired) electrons. The van der Waals surface area contributed by atoms with E-state index >= 15 is 0 Å².